The van der Waals surface area contributed by atoms with Crippen molar-refractivity contribution >= 4 is 15.8 Å². The SMILES string of the molecule is Cc1occc1CN(C)C(=NCC1CCS(=O)(=O)C1)NC(C)C. The summed E-state index contributed by atoms with van der Waals surface area (Å²) >= 11 is 0. The molecule has 23 heavy (non-hydrogen) atoms. The molecular formula is C16H27N3O3S. The first-order chi connectivity index (χ1) is 10.8. The third-order valence-electron chi connectivity index (χ3n) is 3.98. The molecule has 1 aromatic rings. The normalized spacial score (nSPS) is 20.9. The first kappa shape index (κ1) is 17.8. The van der Waals surface area contributed by atoms with Crippen molar-refractivity contribution in [2.45, 2.75) is 39.8 Å². The predicted molar refractivity (Wildman–Crippen MR) is 92.2 cm³/mol. The zero-order valence-corrected chi connectivity index (χ0v) is 15.2. The van der Waals surface area contributed by atoms with Crippen molar-refractivity contribution in [3.05, 3.63) is 23.7 Å². The van der Waals surface area contributed by atoms with Crippen LogP contribution in [0.3, 0.4) is 0 Å². The fourth-order valence-electron chi connectivity index (χ4n) is 2.67. The molecule has 2 heterocycles. The van der Waals surface area contributed by atoms with Gasteiger partial charge in [-0.1, -0.05) is 0 Å². The second-order valence-electron chi connectivity index (χ2n) is 6.59. The second-order valence-corrected chi connectivity index (χ2v) is 8.82. The fraction of sp³-hybridized carbons (Fsp3) is 0.688. The highest BCUT2D eigenvalue weighted by Crippen LogP contribution is 2.19. The minimum atomic E-state index is -2.85. The maximum Gasteiger partial charge on any atom is 0.194 e. The van der Waals surface area contributed by atoms with Gasteiger partial charge in [-0.05, 0) is 39.2 Å². The lowest BCUT2D eigenvalue weighted by atomic mass is 10.1. The number of hydrogen-bond donors (Lipinski definition) is 1. The lowest BCUT2D eigenvalue weighted by Gasteiger charge is -2.24. The number of furan rings is 1. The van der Waals surface area contributed by atoms with Crippen molar-refractivity contribution in [3.63, 3.8) is 0 Å². The zero-order valence-electron chi connectivity index (χ0n) is 14.4. The molecule has 0 radical (unpaired) electrons. The molecular weight excluding hydrogens is 314 g/mol. The molecule has 2 rings (SSSR count). The van der Waals surface area contributed by atoms with E-state index in [1.807, 2.05) is 24.9 Å². The molecule has 130 valence electrons. The molecule has 1 aliphatic heterocycles. The van der Waals surface area contributed by atoms with Crippen LogP contribution in [0.25, 0.3) is 0 Å². The first-order valence-electron chi connectivity index (χ1n) is 8.02. The van der Waals surface area contributed by atoms with Crippen LogP contribution in [0.2, 0.25) is 0 Å². The van der Waals surface area contributed by atoms with E-state index in [1.165, 1.54) is 0 Å². The fourth-order valence-corrected chi connectivity index (χ4v) is 4.52. The van der Waals surface area contributed by atoms with Crippen molar-refractivity contribution in [1.29, 1.82) is 0 Å². The van der Waals surface area contributed by atoms with Gasteiger partial charge < -0.3 is 14.6 Å². The molecule has 1 fully saturated rings. The summed E-state index contributed by atoms with van der Waals surface area (Å²) in [5.41, 5.74) is 1.12. The minimum absolute atomic E-state index is 0.132. The summed E-state index contributed by atoms with van der Waals surface area (Å²) < 4.78 is 28.5. The highest BCUT2D eigenvalue weighted by molar-refractivity contribution is 7.91. The first-order valence-corrected chi connectivity index (χ1v) is 9.84. The molecule has 1 saturated heterocycles. The van der Waals surface area contributed by atoms with E-state index in [-0.39, 0.29) is 17.7 Å². The standard InChI is InChI=1S/C16H27N3O3S/c1-12(2)18-16(17-9-14-6-8-23(20,21)11-14)19(4)10-15-5-7-22-13(15)3/h5,7,12,14H,6,8-11H2,1-4H3,(H,17,18). The Morgan fingerprint density at radius 1 is 1.52 bits per heavy atom. The van der Waals surface area contributed by atoms with Gasteiger partial charge in [-0.15, -0.1) is 0 Å². The molecule has 1 aliphatic rings. The van der Waals surface area contributed by atoms with E-state index in [4.69, 9.17) is 4.42 Å². The van der Waals surface area contributed by atoms with Crippen LogP contribution >= 0.6 is 0 Å². The van der Waals surface area contributed by atoms with Gasteiger partial charge >= 0.3 is 0 Å². The van der Waals surface area contributed by atoms with Gasteiger partial charge in [0.15, 0.2) is 15.8 Å². The number of aryl methyl sites for hydroxylation is 1. The van der Waals surface area contributed by atoms with Gasteiger partial charge in [-0.25, -0.2) is 8.42 Å². The molecule has 0 aliphatic carbocycles. The van der Waals surface area contributed by atoms with Crippen LogP contribution < -0.4 is 5.32 Å². The summed E-state index contributed by atoms with van der Waals surface area (Å²) in [5.74, 6) is 2.39. The number of guanidine groups is 1. The third-order valence-corrected chi connectivity index (χ3v) is 5.82. The Morgan fingerprint density at radius 3 is 2.78 bits per heavy atom. The highest BCUT2D eigenvalue weighted by atomic mass is 32.2. The maximum atomic E-state index is 11.6. The van der Waals surface area contributed by atoms with E-state index in [2.05, 4.69) is 24.2 Å². The van der Waals surface area contributed by atoms with Gasteiger partial charge in [0.05, 0.1) is 17.8 Å². The van der Waals surface area contributed by atoms with Crippen molar-refractivity contribution in [1.82, 2.24) is 10.2 Å². The molecule has 0 saturated carbocycles. The maximum absolute atomic E-state index is 11.6. The van der Waals surface area contributed by atoms with E-state index in [0.29, 0.717) is 25.3 Å². The predicted octanol–water partition coefficient (Wildman–Crippen LogP) is 1.81. The number of aliphatic imine (C=N–C) groups is 1. The van der Waals surface area contributed by atoms with Crippen LogP contribution in [-0.2, 0) is 16.4 Å². The van der Waals surface area contributed by atoms with Crippen molar-refractivity contribution < 1.29 is 12.8 Å². The van der Waals surface area contributed by atoms with Gasteiger partial charge in [-0.3, -0.25) is 4.99 Å². The summed E-state index contributed by atoms with van der Waals surface area (Å²) in [5, 5.41) is 3.35. The van der Waals surface area contributed by atoms with Crippen molar-refractivity contribution in [2.75, 3.05) is 25.1 Å². The number of rotatable bonds is 5. The summed E-state index contributed by atoms with van der Waals surface area (Å²) in [6.45, 7) is 7.31. The average Bonchev–Trinajstić information content (AvgIpc) is 3.00. The van der Waals surface area contributed by atoms with Gasteiger partial charge in [0, 0.05) is 31.7 Å². The second kappa shape index (κ2) is 7.38. The molecule has 1 unspecified atom stereocenters. The van der Waals surface area contributed by atoms with Crippen LogP contribution in [-0.4, -0.2) is 50.4 Å². The Bertz CT molecular complexity index is 649. The average molecular weight is 341 g/mol. The van der Waals surface area contributed by atoms with Crippen LogP contribution in [0.5, 0.6) is 0 Å². The van der Waals surface area contributed by atoms with E-state index in [1.54, 1.807) is 6.26 Å². The largest absolute Gasteiger partial charge is 0.469 e. The zero-order chi connectivity index (χ0) is 17.0. The third kappa shape index (κ3) is 5.27. The van der Waals surface area contributed by atoms with E-state index in [9.17, 15) is 8.42 Å². The molecule has 0 aromatic carbocycles. The Morgan fingerprint density at radius 2 is 2.26 bits per heavy atom. The molecule has 1 N–H and O–H groups in total. The molecule has 0 bridgehead atoms. The van der Waals surface area contributed by atoms with E-state index < -0.39 is 9.84 Å². The van der Waals surface area contributed by atoms with Crippen molar-refractivity contribution in [3.8, 4) is 0 Å². The summed E-state index contributed by atoms with van der Waals surface area (Å²) in [7, 11) is -0.871. The molecule has 0 amide bonds. The summed E-state index contributed by atoms with van der Waals surface area (Å²) in [6, 6.07) is 2.22. The molecule has 0 spiro atoms. The number of nitrogens with zero attached hydrogens (tertiary/aromatic N) is 2. The highest BCUT2D eigenvalue weighted by Gasteiger charge is 2.27. The van der Waals surface area contributed by atoms with E-state index in [0.717, 1.165) is 17.3 Å². The summed E-state index contributed by atoms with van der Waals surface area (Å²) in [6.07, 6.45) is 2.40. The van der Waals surface area contributed by atoms with Crippen molar-refractivity contribution in [2.24, 2.45) is 10.9 Å². The molecule has 1 atom stereocenters. The van der Waals surface area contributed by atoms with Gasteiger partial charge in [0.25, 0.3) is 0 Å². The van der Waals surface area contributed by atoms with Gasteiger partial charge in [-0.2, -0.15) is 0 Å². The number of sulfone groups is 1. The molecule has 6 nitrogen and oxygen atoms in total. The number of nitrogens with one attached hydrogen (secondary N) is 1. The van der Waals surface area contributed by atoms with E-state index >= 15 is 0 Å². The monoisotopic (exact) mass is 341 g/mol. The quantitative estimate of drug-likeness (QED) is 0.653. The lowest BCUT2D eigenvalue weighted by Crippen LogP contribution is -2.42. The van der Waals surface area contributed by atoms with Gasteiger partial charge in [0.1, 0.15) is 5.76 Å². The lowest BCUT2D eigenvalue weighted by molar-refractivity contribution is 0.452. The Kier molecular flexibility index (Phi) is 5.73. The van der Waals surface area contributed by atoms with Crippen LogP contribution in [0.4, 0.5) is 0 Å². The summed E-state index contributed by atoms with van der Waals surface area (Å²) in [4.78, 5) is 6.70. The number of hydrogen-bond acceptors (Lipinski definition) is 4. The van der Waals surface area contributed by atoms with Gasteiger partial charge in [0.2, 0.25) is 0 Å². The van der Waals surface area contributed by atoms with Crippen LogP contribution in [0.15, 0.2) is 21.7 Å². The van der Waals surface area contributed by atoms with Crippen LogP contribution in [0.1, 0.15) is 31.6 Å². The Labute approximate surface area is 138 Å². The molecule has 1 aromatic heterocycles. The van der Waals surface area contributed by atoms with Crippen LogP contribution in [0, 0.1) is 12.8 Å². The smallest absolute Gasteiger partial charge is 0.194 e. The Balaban J connectivity index is 2.03. The topological polar surface area (TPSA) is 74.9 Å². The minimum Gasteiger partial charge on any atom is -0.469 e. The molecule has 7 heteroatoms. The Hall–Kier alpha value is -1.50.